The molecule has 0 unspecified atom stereocenters. The van der Waals surface area contributed by atoms with E-state index >= 15 is 0 Å². The van der Waals surface area contributed by atoms with E-state index in [4.69, 9.17) is 4.74 Å². The van der Waals surface area contributed by atoms with Crippen molar-refractivity contribution in [3.8, 4) is 5.75 Å². The third-order valence-corrected chi connectivity index (χ3v) is 3.96. The number of amides is 2. The first-order valence-electron chi connectivity index (χ1n) is 9.61. The molecule has 5 nitrogen and oxygen atoms in total. The lowest BCUT2D eigenvalue weighted by molar-refractivity contribution is 0.0918. The normalized spacial score (nSPS) is 11.2. The molecule has 0 spiro atoms. The summed E-state index contributed by atoms with van der Waals surface area (Å²) in [5.41, 5.74) is 1.19. The van der Waals surface area contributed by atoms with Crippen molar-refractivity contribution in [3.63, 3.8) is 0 Å². The Hall–Kier alpha value is -2.82. The zero-order valence-electron chi connectivity index (χ0n) is 17.3. The van der Waals surface area contributed by atoms with Crippen molar-refractivity contribution < 1.29 is 14.3 Å². The Kier molecular flexibility index (Phi) is 7.21. The summed E-state index contributed by atoms with van der Waals surface area (Å²) in [7, 11) is 0. The predicted octanol–water partition coefficient (Wildman–Crippen LogP) is 4.89. The van der Waals surface area contributed by atoms with Gasteiger partial charge in [0.05, 0.1) is 12.2 Å². The number of hydrogen-bond acceptors (Lipinski definition) is 3. The van der Waals surface area contributed by atoms with Crippen molar-refractivity contribution in [1.82, 2.24) is 5.32 Å². The van der Waals surface area contributed by atoms with Crippen LogP contribution in [0.2, 0.25) is 0 Å². The van der Waals surface area contributed by atoms with Crippen LogP contribution >= 0.6 is 0 Å². The highest BCUT2D eigenvalue weighted by Gasteiger charge is 2.17. The van der Waals surface area contributed by atoms with E-state index in [0.29, 0.717) is 35.1 Å². The average Bonchev–Trinajstić information content (AvgIpc) is 2.60. The molecule has 0 fully saturated rings. The molecule has 0 aliphatic rings. The number of anilines is 1. The molecule has 5 heteroatoms. The summed E-state index contributed by atoms with van der Waals surface area (Å²) in [6, 6.07) is 14.1. The zero-order chi connectivity index (χ0) is 20.7. The minimum atomic E-state index is -0.331. The summed E-state index contributed by atoms with van der Waals surface area (Å²) in [6.07, 6.45) is 0.918. The lowest BCUT2D eigenvalue weighted by Crippen LogP contribution is -2.40. The Balaban J connectivity index is 2.11. The van der Waals surface area contributed by atoms with Crippen LogP contribution in [0.1, 0.15) is 61.8 Å². The molecule has 0 saturated heterocycles. The molecule has 0 aliphatic carbocycles. The van der Waals surface area contributed by atoms with E-state index in [-0.39, 0.29) is 17.4 Å². The van der Waals surface area contributed by atoms with E-state index in [1.807, 2.05) is 26.8 Å². The van der Waals surface area contributed by atoms with Gasteiger partial charge in [0.2, 0.25) is 0 Å². The Labute approximate surface area is 167 Å². The maximum absolute atomic E-state index is 12.8. The minimum absolute atomic E-state index is 0.180. The van der Waals surface area contributed by atoms with E-state index in [1.165, 1.54) is 0 Å². The largest absolute Gasteiger partial charge is 0.493 e. The second-order valence-electron chi connectivity index (χ2n) is 8.27. The monoisotopic (exact) mass is 382 g/mol. The summed E-state index contributed by atoms with van der Waals surface area (Å²) in [5.74, 6) is 0.639. The van der Waals surface area contributed by atoms with E-state index in [9.17, 15) is 9.59 Å². The van der Waals surface area contributed by atoms with Gasteiger partial charge >= 0.3 is 0 Å². The Morgan fingerprint density at radius 2 is 1.71 bits per heavy atom. The van der Waals surface area contributed by atoms with E-state index in [2.05, 4.69) is 24.5 Å². The smallest absolute Gasteiger partial charge is 0.259 e. The molecule has 2 N–H and O–H groups in total. The highest BCUT2D eigenvalue weighted by atomic mass is 16.5. The van der Waals surface area contributed by atoms with Crippen LogP contribution in [0.3, 0.4) is 0 Å². The number of ether oxygens (including phenoxy) is 1. The molecule has 0 atom stereocenters. The molecule has 2 amide bonds. The summed E-state index contributed by atoms with van der Waals surface area (Å²) >= 11 is 0. The summed E-state index contributed by atoms with van der Waals surface area (Å²) in [6.45, 7) is 10.6. The highest BCUT2D eigenvalue weighted by Crippen LogP contribution is 2.21. The fourth-order valence-corrected chi connectivity index (χ4v) is 2.53. The van der Waals surface area contributed by atoms with Gasteiger partial charge in [0.1, 0.15) is 5.75 Å². The minimum Gasteiger partial charge on any atom is -0.493 e. The quantitative estimate of drug-likeness (QED) is 0.716. The number of rotatable bonds is 7. The number of para-hydroxylation sites is 1. The van der Waals surface area contributed by atoms with Crippen LogP contribution in [0.5, 0.6) is 5.75 Å². The Bertz CT molecular complexity index is 823. The van der Waals surface area contributed by atoms with E-state index in [0.717, 1.165) is 6.42 Å². The molecule has 0 radical (unpaired) electrons. The van der Waals surface area contributed by atoms with Gasteiger partial charge in [-0.05, 0) is 63.4 Å². The van der Waals surface area contributed by atoms with Gasteiger partial charge in [0.15, 0.2) is 0 Å². The first-order chi connectivity index (χ1) is 13.2. The second kappa shape index (κ2) is 9.40. The van der Waals surface area contributed by atoms with Crippen LogP contribution in [0.4, 0.5) is 5.69 Å². The molecule has 0 saturated carbocycles. The van der Waals surface area contributed by atoms with Crippen molar-refractivity contribution in [1.29, 1.82) is 0 Å². The van der Waals surface area contributed by atoms with Crippen LogP contribution in [0, 0.1) is 5.92 Å². The Morgan fingerprint density at radius 1 is 1.00 bits per heavy atom. The summed E-state index contributed by atoms with van der Waals surface area (Å²) < 4.78 is 5.80. The van der Waals surface area contributed by atoms with Gasteiger partial charge in [-0.3, -0.25) is 9.59 Å². The highest BCUT2D eigenvalue weighted by molar-refractivity contribution is 6.06. The first kappa shape index (κ1) is 21.5. The fourth-order valence-electron chi connectivity index (χ4n) is 2.53. The molecule has 0 bridgehead atoms. The van der Waals surface area contributed by atoms with Gasteiger partial charge in [-0.25, -0.2) is 0 Å². The first-order valence-corrected chi connectivity index (χ1v) is 9.61. The van der Waals surface area contributed by atoms with E-state index in [1.54, 1.807) is 42.5 Å². The van der Waals surface area contributed by atoms with Gasteiger partial charge in [0, 0.05) is 16.8 Å². The van der Waals surface area contributed by atoms with Crippen molar-refractivity contribution in [3.05, 3.63) is 59.7 Å². The third kappa shape index (κ3) is 6.72. The number of benzene rings is 2. The molecule has 2 aromatic rings. The fraction of sp³-hybridized carbons (Fsp3) is 0.391. The van der Waals surface area contributed by atoms with Crippen LogP contribution in [-0.2, 0) is 0 Å². The van der Waals surface area contributed by atoms with Gasteiger partial charge in [-0.1, -0.05) is 32.0 Å². The molecule has 2 aromatic carbocycles. The van der Waals surface area contributed by atoms with Crippen LogP contribution in [0.15, 0.2) is 48.5 Å². The maximum Gasteiger partial charge on any atom is 0.259 e. The van der Waals surface area contributed by atoms with E-state index < -0.39 is 0 Å². The molecule has 150 valence electrons. The average molecular weight is 383 g/mol. The summed E-state index contributed by atoms with van der Waals surface area (Å²) in [4.78, 5) is 25.1. The molecular weight excluding hydrogens is 352 g/mol. The lowest BCUT2D eigenvalue weighted by atomic mass is 10.1. The van der Waals surface area contributed by atoms with Gasteiger partial charge in [-0.2, -0.15) is 0 Å². The van der Waals surface area contributed by atoms with Gasteiger partial charge < -0.3 is 15.4 Å². The number of hydrogen-bond donors (Lipinski definition) is 2. The van der Waals surface area contributed by atoms with Crippen LogP contribution in [-0.4, -0.2) is 24.0 Å². The third-order valence-electron chi connectivity index (χ3n) is 3.96. The lowest BCUT2D eigenvalue weighted by Gasteiger charge is -2.20. The van der Waals surface area contributed by atoms with Crippen molar-refractivity contribution in [2.45, 2.75) is 46.6 Å². The molecule has 0 aromatic heterocycles. The predicted molar refractivity (Wildman–Crippen MR) is 113 cm³/mol. The standard InChI is InChI=1S/C23H30N2O3/c1-16(2)13-14-28-20-12-7-6-11-19(20)22(27)24-18-10-8-9-17(15-18)21(26)25-23(3,4)5/h6-12,15-16H,13-14H2,1-5H3,(H,24,27)(H,25,26). The topological polar surface area (TPSA) is 67.4 Å². The second-order valence-corrected chi connectivity index (χ2v) is 8.27. The maximum atomic E-state index is 12.8. The van der Waals surface area contributed by atoms with Crippen LogP contribution in [0.25, 0.3) is 0 Å². The van der Waals surface area contributed by atoms with Gasteiger partial charge in [0.25, 0.3) is 11.8 Å². The van der Waals surface area contributed by atoms with Crippen molar-refractivity contribution >= 4 is 17.5 Å². The number of nitrogens with one attached hydrogen (secondary N) is 2. The number of carbonyl (C=O) groups excluding carboxylic acids is 2. The molecule has 2 rings (SSSR count). The zero-order valence-corrected chi connectivity index (χ0v) is 17.3. The van der Waals surface area contributed by atoms with Crippen molar-refractivity contribution in [2.75, 3.05) is 11.9 Å². The SMILES string of the molecule is CC(C)CCOc1ccccc1C(=O)Nc1cccc(C(=O)NC(C)(C)C)c1. The molecule has 28 heavy (non-hydrogen) atoms. The van der Waals surface area contributed by atoms with Crippen molar-refractivity contribution in [2.24, 2.45) is 5.92 Å². The van der Waals surface area contributed by atoms with Crippen LogP contribution < -0.4 is 15.4 Å². The molecule has 0 aliphatic heterocycles. The summed E-state index contributed by atoms with van der Waals surface area (Å²) in [5, 5.41) is 5.77. The number of carbonyl (C=O) groups is 2. The molecular formula is C23H30N2O3. The Morgan fingerprint density at radius 3 is 2.39 bits per heavy atom. The molecule has 0 heterocycles. The van der Waals surface area contributed by atoms with Gasteiger partial charge in [-0.15, -0.1) is 0 Å².